The molecule has 0 atom stereocenters. The highest BCUT2D eigenvalue weighted by molar-refractivity contribution is 9.10. The molecule has 1 heterocycles. The third-order valence-corrected chi connectivity index (χ3v) is 2.13. The van der Waals surface area contributed by atoms with Crippen LogP contribution in [0.1, 0.15) is 5.56 Å². The first kappa shape index (κ1) is 7.55. The van der Waals surface area contributed by atoms with Crippen LogP contribution in [0.4, 0.5) is 0 Å². The molecule has 0 saturated heterocycles. The summed E-state index contributed by atoms with van der Waals surface area (Å²) in [7, 11) is 0. The van der Waals surface area contributed by atoms with Crippen LogP contribution in [-0.2, 0) is 0 Å². The Morgan fingerprint density at radius 1 is 1.08 bits per heavy atom. The lowest BCUT2D eigenvalue weighted by molar-refractivity contribution is 0.999. The second-order valence-corrected chi connectivity index (χ2v) is 3.34. The highest BCUT2D eigenvalue weighted by Crippen LogP contribution is 2.17. The minimum Gasteiger partial charge on any atom is -0.158 e. The summed E-state index contributed by atoms with van der Waals surface area (Å²) in [6.07, 6.45) is 3.58. The van der Waals surface area contributed by atoms with Crippen molar-refractivity contribution in [3.8, 4) is 0 Å². The Bertz CT molecular complexity index is 338. The van der Waals surface area contributed by atoms with E-state index in [0.717, 1.165) is 15.7 Å². The van der Waals surface area contributed by atoms with E-state index in [1.807, 2.05) is 30.3 Å². The van der Waals surface area contributed by atoms with E-state index in [0.29, 0.717) is 0 Å². The molecule has 2 nitrogen and oxygen atoms in total. The first-order chi connectivity index (χ1) is 5.86. The van der Waals surface area contributed by atoms with Gasteiger partial charge in [0.05, 0.1) is 11.9 Å². The highest BCUT2D eigenvalue weighted by atomic mass is 79.9. The first-order valence-corrected chi connectivity index (χ1v) is 4.36. The van der Waals surface area contributed by atoms with E-state index in [1.54, 1.807) is 6.21 Å². The van der Waals surface area contributed by atoms with Gasteiger partial charge in [0.15, 0.2) is 0 Å². The maximum Gasteiger partial charge on any atom is 0.0945 e. The van der Waals surface area contributed by atoms with Crippen LogP contribution in [0.2, 0.25) is 0 Å². The monoisotopic (exact) mass is 221 g/mol. The van der Waals surface area contributed by atoms with Crippen LogP contribution >= 0.6 is 15.9 Å². The lowest BCUT2D eigenvalue weighted by Crippen LogP contribution is -1.90. The Balaban J connectivity index is 2.30. The zero-order chi connectivity index (χ0) is 8.39. The van der Waals surface area contributed by atoms with Crippen molar-refractivity contribution >= 4 is 27.8 Å². The van der Waals surface area contributed by atoms with Crippen LogP contribution in [0, 0.1) is 0 Å². The van der Waals surface area contributed by atoms with Crippen LogP contribution in [0.15, 0.2) is 39.9 Å². The van der Waals surface area contributed by atoms with E-state index in [-0.39, 0.29) is 0 Å². The molecule has 59 valence electrons. The van der Waals surface area contributed by atoms with Crippen molar-refractivity contribution in [1.82, 2.24) is 5.43 Å². The van der Waals surface area contributed by atoms with Crippen molar-refractivity contribution in [2.24, 2.45) is 5.10 Å². The van der Waals surface area contributed by atoms with Gasteiger partial charge in [0.25, 0.3) is 0 Å². The minimum absolute atomic E-state index is 0.919. The molecule has 0 N–H and O–H groups in total. The fourth-order valence-electron chi connectivity index (χ4n) is 1.01. The van der Waals surface area contributed by atoms with Crippen molar-refractivity contribution in [2.75, 3.05) is 0 Å². The van der Waals surface area contributed by atoms with E-state index < -0.39 is 0 Å². The molecule has 1 aromatic rings. The van der Waals surface area contributed by atoms with E-state index in [1.165, 1.54) is 0 Å². The summed E-state index contributed by atoms with van der Waals surface area (Å²) in [5.74, 6) is 0. The molecule has 0 saturated carbocycles. The third-order valence-electron chi connectivity index (χ3n) is 1.60. The Kier molecular flexibility index (Phi) is 1.96. The fraction of sp³-hybridized carbons (Fsp3) is 0. The van der Waals surface area contributed by atoms with Crippen LogP contribution in [0.25, 0.3) is 5.70 Å². The molecule has 0 spiro atoms. The number of benzene rings is 1. The lowest BCUT2D eigenvalue weighted by Gasteiger charge is -1.98. The smallest absolute Gasteiger partial charge is 0.0945 e. The number of nitrogens with zero attached hydrogens (tertiary/aromatic N) is 2. The van der Waals surface area contributed by atoms with Gasteiger partial charge in [-0.2, -0.15) is 10.5 Å². The number of halogens is 1. The third kappa shape index (κ3) is 1.41. The number of hydrogen-bond acceptors (Lipinski definition) is 1. The van der Waals surface area contributed by atoms with Crippen molar-refractivity contribution < 1.29 is 0 Å². The average molecular weight is 222 g/mol. The van der Waals surface area contributed by atoms with Crippen molar-refractivity contribution in [3.63, 3.8) is 0 Å². The molecule has 3 heteroatoms. The Morgan fingerprint density at radius 2 is 1.83 bits per heavy atom. The summed E-state index contributed by atoms with van der Waals surface area (Å²) in [6, 6.07) is 8.00. The largest absolute Gasteiger partial charge is 0.158 e. The van der Waals surface area contributed by atoms with Gasteiger partial charge in [-0.05, 0) is 18.2 Å². The van der Waals surface area contributed by atoms with Gasteiger partial charge in [-0.25, -0.2) is 0 Å². The quantitative estimate of drug-likeness (QED) is 0.697. The van der Waals surface area contributed by atoms with Crippen LogP contribution in [-0.4, -0.2) is 6.21 Å². The summed E-state index contributed by atoms with van der Waals surface area (Å²) in [6.45, 7) is 0. The van der Waals surface area contributed by atoms with Gasteiger partial charge in [-0.15, -0.1) is 0 Å². The molecule has 12 heavy (non-hydrogen) atoms. The highest BCUT2D eigenvalue weighted by Gasteiger charge is 2.03. The first-order valence-electron chi connectivity index (χ1n) is 3.56. The summed E-state index contributed by atoms with van der Waals surface area (Å²) in [5, 5.41) is 3.76. The predicted octanol–water partition coefficient (Wildman–Crippen LogP) is 2.39. The molecular formula is C9H6BrN2. The molecular weight excluding hydrogens is 216 g/mol. The van der Waals surface area contributed by atoms with E-state index >= 15 is 0 Å². The number of hydrogen-bond donors (Lipinski definition) is 0. The maximum atomic E-state index is 3.95. The molecule has 0 amide bonds. The SMILES string of the molecule is Brc1ccc(C2=CC=N[N]2)cc1. The number of allylic oxidation sites excluding steroid dienone is 1. The molecule has 0 fully saturated rings. The molecule has 1 aliphatic heterocycles. The number of rotatable bonds is 1. The van der Waals surface area contributed by atoms with Gasteiger partial charge in [-0.3, -0.25) is 0 Å². The normalized spacial score (nSPS) is 14.2. The maximum absolute atomic E-state index is 3.95. The average Bonchev–Trinajstić information content (AvgIpc) is 2.58. The van der Waals surface area contributed by atoms with E-state index in [4.69, 9.17) is 0 Å². The second-order valence-electron chi connectivity index (χ2n) is 2.42. The van der Waals surface area contributed by atoms with Crippen molar-refractivity contribution in [3.05, 3.63) is 40.4 Å². The van der Waals surface area contributed by atoms with Crippen molar-refractivity contribution in [2.45, 2.75) is 0 Å². The second kappa shape index (κ2) is 3.11. The zero-order valence-corrected chi connectivity index (χ0v) is 7.82. The lowest BCUT2D eigenvalue weighted by atomic mass is 10.2. The molecule has 1 aliphatic rings. The zero-order valence-electron chi connectivity index (χ0n) is 6.24. The van der Waals surface area contributed by atoms with Crippen molar-refractivity contribution in [1.29, 1.82) is 0 Å². The topological polar surface area (TPSA) is 26.5 Å². The van der Waals surface area contributed by atoms with E-state index in [2.05, 4.69) is 26.5 Å². The van der Waals surface area contributed by atoms with Crippen LogP contribution in [0.3, 0.4) is 0 Å². The fourth-order valence-corrected chi connectivity index (χ4v) is 1.27. The molecule has 0 aliphatic carbocycles. The Hall–Kier alpha value is -1.09. The predicted molar refractivity (Wildman–Crippen MR) is 52.7 cm³/mol. The van der Waals surface area contributed by atoms with Gasteiger partial charge in [0, 0.05) is 10.0 Å². The van der Waals surface area contributed by atoms with Gasteiger partial charge in [0.2, 0.25) is 0 Å². The summed E-state index contributed by atoms with van der Waals surface area (Å²) < 4.78 is 1.07. The summed E-state index contributed by atoms with van der Waals surface area (Å²) in [5.41, 5.74) is 5.96. The molecule has 0 unspecified atom stereocenters. The minimum atomic E-state index is 0.919. The van der Waals surface area contributed by atoms with Gasteiger partial charge < -0.3 is 0 Å². The molecule has 0 bridgehead atoms. The Morgan fingerprint density at radius 3 is 2.42 bits per heavy atom. The Labute approximate surface area is 79.1 Å². The standard InChI is InChI=1S/C9H6BrN2/c10-8-3-1-7(2-4-8)9-5-6-11-12-9/h1-6H. The van der Waals surface area contributed by atoms with Crippen LogP contribution in [0.5, 0.6) is 0 Å². The summed E-state index contributed by atoms with van der Waals surface area (Å²) >= 11 is 3.37. The van der Waals surface area contributed by atoms with Gasteiger partial charge in [-0.1, -0.05) is 28.1 Å². The van der Waals surface area contributed by atoms with Crippen LogP contribution < -0.4 is 5.43 Å². The van der Waals surface area contributed by atoms with E-state index in [9.17, 15) is 0 Å². The van der Waals surface area contributed by atoms with Gasteiger partial charge in [0.1, 0.15) is 0 Å². The summed E-state index contributed by atoms with van der Waals surface area (Å²) in [4.78, 5) is 0. The molecule has 1 radical (unpaired) electrons. The molecule has 1 aromatic carbocycles. The molecule has 0 aromatic heterocycles. The molecule has 2 rings (SSSR count). The van der Waals surface area contributed by atoms with Gasteiger partial charge >= 0.3 is 0 Å².